The van der Waals surface area contributed by atoms with Crippen LogP contribution in [0.1, 0.15) is 38.5 Å². The highest BCUT2D eigenvalue weighted by molar-refractivity contribution is 4.84. The lowest BCUT2D eigenvalue weighted by molar-refractivity contribution is -0.0426. The van der Waals surface area contributed by atoms with Crippen molar-refractivity contribution in [3.05, 3.63) is 0 Å². The normalized spacial score (nSPS) is 29.2. The van der Waals surface area contributed by atoms with E-state index in [2.05, 4.69) is 5.32 Å². The van der Waals surface area contributed by atoms with E-state index in [0.29, 0.717) is 24.9 Å². The highest BCUT2D eigenvalue weighted by atomic mass is 19.3. The van der Waals surface area contributed by atoms with Crippen molar-refractivity contribution in [1.82, 2.24) is 5.32 Å². The quantitative estimate of drug-likeness (QED) is 0.769. The van der Waals surface area contributed by atoms with Crippen molar-refractivity contribution in [2.45, 2.75) is 56.5 Å². The molecule has 1 heterocycles. The first-order valence-electron chi connectivity index (χ1n) is 5.87. The first-order valence-corrected chi connectivity index (χ1v) is 5.87. The van der Waals surface area contributed by atoms with E-state index in [9.17, 15) is 8.78 Å². The fraction of sp³-hybridized carbons (Fsp3) is 1.00. The number of ether oxygens (including phenoxy) is 1. The Hall–Kier alpha value is -0.220. The Morgan fingerprint density at radius 3 is 2.07 bits per heavy atom. The average molecular weight is 219 g/mol. The summed E-state index contributed by atoms with van der Waals surface area (Å²) in [7, 11) is 0. The van der Waals surface area contributed by atoms with Crippen LogP contribution >= 0.6 is 0 Å². The van der Waals surface area contributed by atoms with E-state index in [0.717, 1.165) is 26.1 Å². The zero-order valence-electron chi connectivity index (χ0n) is 8.98. The van der Waals surface area contributed by atoms with E-state index in [1.807, 2.05) is 0 Å². The molecule has 88 valence electrons. The molecule has 1 aliphatic heterocycles. The van der Waals surface area contributed by atoms with Crippen LogP contribution in [0.5, 0.6) is 0 Å². The van der Waals surface area contributed by atoms with Gasteiger partial charge in [0.2, 0.25) is 5.92 Å². The van der Waals surface area contributed by atoms with Crippen LogP contribution < -0.4 is 5.32 Å². The zero-order valence-corrected chi connectivity index (χ0v) is 8.98. The van der Waals surface area contributed by atoms with Crippen molar-refractivity contribution in [2.75, 3.05) is 13.2 Å². The van der Waals surface area contributed by atoms with Gasteiger partial charge < -0.3 is 10.1 Å². The highest BCUT2D eigenvalue weighted by Crippen LogP contribution is 2.33. The molecule has 1 N–H and O–H groups in total. The maximum atomic E-state index is 12.9. The van der Waals surface area contributed by atoms with Crippen LogP contribution in [0.4, 0.5) is 8.78 Å². The van der Waals surface area contributed by atoms with Crippen molar-refractivity contribution in [2.24, 2.45) is 0 Å². The second-order valence-electron chi connectivity index (χ2n) is 4.68. The van der Waals surface area contributed by atoms with Gasteiger partial charge in [-0.1, -0.05) is 0 Å². The number of halogens is 2. The number of hydrogen-bond donors (Lipinski definition) is 1. The standard InChI is InChI=1S/C11H19F2NO/c12-11(13)5-1-9(2-6-11)14-10-3-7-15-8-4-10/h9-10,14H,1-8H2. The van der Waals surface area contributed by atoms with Crippen molar-refractivity contribution >= 4 is 0 Å². The molecule has 4 heteroatoms. The molecule has 0 aromatic heterocycles. The molecule has 0 bridgehead atoms. The first kappa shape index (κ1) is 11.3. The van der Waals surface area contributed by atoms with Crippen LogP contribution in [0, 0.1) is 0 Å². The van der Waals surface area contributed by atoms with Crippen molar-refractivity contribution in [3.8, 4) is 0 Å². The second kappa shape index (κ2) is 4.74. The van der Waals surface area contributed by atoms with E-state index in [4.69, 9.17) is 4.74 Å². The van der Waals surface area contributed by atoms with Gasteiger partial charge in [0.15, 0.2) is 0 Å². The van der Waals surface area contributed by atoms with Crippen LogP contribution in [0.25, 0.3) is 0 Å². The van der Waals surface area contributed by atoms with Crippen molar-refractivity contribution < 1.29 is 13.5 Å². The van der Waals surface area contributed by atoms with Gasteiger partial charge in [0.25, 0.3) is 0 Å². The van der Waals surface area contributed by atoms with Crippen LogP contribution in [-0.4, -0.2) is 31.2 Å². The van der Waals surface area contributed by atoms with E-state index in [-0.39, 0.29) is 12.8 Å². The Labute approximate surface area is 89.4 Å². The predicted octanol–water partition coefficient (Wildman–Crippen LogP) is 2.33. The maximum Gasteiger partial charge on any atom is 0.248 e. The summed E-state index contributed by atoms with van der Waals surface area (Å²) >= 11 is 0. The molecule has 2 aliphatic rings. The summed E-state index contributed by atoms with van der Waals surface area (Å²) < 4.78 is 31.1. The lowest BCUT2D eigenvalue weighted by Crippen LogP contribution is -2.44. The molecule has 0 aromatic carbocycles. The Morgan fingerprint density at radius 1 is 0.933 bits per heavy atom. The predicted molar refractivity (Wildman–Crippen MR) is 54.2 cm³/mol. The van der Waals surface area contributed by atoms with Gasteiger partial charge in [0.1, 0.15) is 0 Å². The van der Waals surface area contributed by atoms with Gasteiger partial charge in [-0.25, -0.2) is 8.78 Å². The SMILES string of the molecule is FC1(F)CCC(NC2CCOCC2)CC1. The monoisotopic (exact) mass is 219 g/mol. The fourth-order valence-electron chi connectivity index (χ4n) is 2.40. The van der Waals surface area contributed by atoms with Gasteiger partial charge in [-0.05, 0) is 25.7 Å². The van der Waals surface area contributed by atoms with E-state index in [1.165, 1.54) is 0 Å². The summed E-state index contributed by atoms with van der Waals surface area (Å²) in [6, 6.07) is 0.781. The topological polar surface area (TPSA) is 21.3 Å². The van der Waals surface area contributed by atoms with Crippen LogP contribution in [-0.2, 0) is 4.74 Å². The van der Waals surface area contributed by atoms with Gasteiger partial charge in [-0.15, -0.1) is 0 Å². The summed E-state index contributed by atoms with van der Waals surface area (Å²) in [4.78, 5) is 0. The van der Waals surface area contributed by atoms with E-state index < -0.39 is 5.92 Å². The lowest BCUT2D eigenvalue weighted by Gasteiger charge is -2.33. The Balaban J connectivity index is 1.71. The van der Waals surface area contributed by atoms with Gasteiger partial charge >= 0.3 is 0 Å². The molecule has 2 rings (SSSR count). The molecule has 1 saturated heterocycles. The number of rotatable bonds is 2. The highest BCUT2D eigenvalue weighted by Gasteiger charge is 2.35. The Bertz CT molecular complexity index is 195. The Morgan fingerprint density at radius 2 is 1.47 bits per heavy atom. The summed E-state index contributed by atoms with van der Waals surface area (Å²) in [5.74, 6) is -2.41. The minimum absolute atomic E-state index is 0.0495. The molecule has 2 nitrogen and oxygen atoms in total. The number of hydrogen-bond acceptors (Lipinski definition) is 2. The van der Waals surface area contributed by atoms with Crippen LogP contribution in [0.2, 0.25) is 0 Å². The van der Waals surface area contributed by atoms with Crippen LogP contribution in [0.3, 0.4) is 0 Å². The van der Waals surface area contributed by atoms with E-state index in [1.54, 1.807) is 0 Å². The molecule has 1 aliphatic carbocycles. The number of alkyl halides is 2. The summed E-state index contributed by atoms with van der Waals surface area (Å²) in [6.45, 7) is 1.61. The fourth-order valence-corrected chi connectivity index (χ4v) is 2.40. The molecule has 2 fully saturated rings. The molecule has 0 amide bonds. The molecule has 15 heavy (non-hydrogen) atoms. The van der Waals surface area contributed by atoms with Gasteiger partial charge in [-0.2, -0.15) is 0 Å². The molecule has 0 spiro atoms. The van der Waals surface area contributed by atoms with E-state index >= 15 is 0 Å². The first-order chi connectivity index (χ1) is 7.16. The number of nitrogens with one attached hydrogen (secondary N) is 1. The average Bonchev–Trinajstić information content (AvgIpc) is 2.23. The molecule has 1 saturated carbocycles. The smallest absolute Gasteiger partial charge is 0.248 e. The third-order valence-corrected chi connectivity index (χ3v) is 3.41. The van der Waals surface area contributed by atoms with Crippen molar-refractivity contribution in [1.29, 1.82) is 0 Å². The third kappa shape index (κ3) is 3.38. The molecule has 0 unspecified atom stereocenters. The minimum atomic E-state index is -2.41. The summed E-state index contributed by atoms with van der Waals surface area (Å²) in [6.07, 6.45) is 3.37. The van der Waals surface area contributed by atoms with Crippen LogP contribution in [0.15, 0.2) is 0 Å². The van der Waals surface area contributed by atoms with Gasteiger partial charge in [0, 0.05) is 38.1 Å². The molecule has 0 atom stereocenters. The maximum absolute atomic E-state index is 12.9. The second-order valence-corrected chi connectivity index (χ2v) is 4.68. The van der Waals surface area contributed by atoms with Crippen molar-refractivity contribution in [3.63, 3.8) is 0 Å². The largest absolute Gasteiger partial charge is 0.381 e. The molecule has 0 radical (unpaired) electrons. The van der Waals surface area contributed by atoms with Gasteiger partial charge in [0.05, 0.1) is 0 Å². The van der Waals surface area contributed by atoms with Gasteiger partial charge in [-0.3, -0.25) is 0 Å². The third-order valence-electron chi connectivity index (χ3n) is 3.41. The molecular formula is C11H19F2NO. The summed E-state index contributed by atoms with van der Waals surface area (Å²) in [5, 5.41) is 3.48. The Kier molecular flexibility index (Phi) is 3.57. The molecule has 0 aromatic rings. The zero-order chi connectivity index (χ0) is 10.7. The summed E-state index contributed by atoms with van der Waals surface area (Å²) in [5.41, 5.74) is 0. The lowest BCUT2D eigenvalue weighted by atomic mass is 9.91. The molecular weight excluding hydrogens is 200 g/mol. The minimum Gasteiger partial charge on any atom is -0.381 e.